The van der Waals surface area contributed by atoms with Crippen molar-refractivity contribution in [3.8, 4) is 0 Å². The van der Waals surface area contributed by atoms with E-state index < -0.39 is 34.4 Å². The summed E-state index contributed by atoms with van der Waals surface area (Å²) in [5.74, 6) is -2.19. The molecular weight excluding hydrogens is 506 g/mol. The lowest BCUT2D eigenvalue weighted by molar-refractivity contribution is -0.126. The van der Waals surface area contributed by atoms with Gasteiger partial charge in [-0.25, -0.2) is 8.78 Å². The summed E-state index contributed by atoms with van der Waals surface area (Å²) in [4.78, 5) is 45.4. The molecule has 0 bridgehead atoms. The highest BCUT2D eigenvalue weighted by Crippen LogP contribution is 2.53. The number of carbonyl (C=O) groups excluding carboxylic acids is 2. The molecule has 2 aliphatic rings. The zero-order chi connectivity index (χ0) is 26.9. The van der Waals surface area contributed by atoms with Crippen LogP contribution in [0.25, 0.3) is 11.0 Å². The highest BCUT2D eigenvalue weighted by molar-refractivity contribution is 6.17. The number of halogens is 2. The molecule has 5 aromatic rings. The molecule has 7 nitrogen and oxygen atoms in total. The number of hydrogen-bond donors (Lipinski definition) is 0. The molecule has 192 valence electrons. The number of anilines is 1. The Labute approximate surface area is 219 Å². The van der Waals surface area contributed by atoms with Crippen LogP contribution < -0.4 is 10.3 Å². The van der Waals surface area contributed by atoms with Crippen LogP contribution in [0.15, 0.2) is 98.8 Å². The van der Waals surface area contributed by atoms with Crippen molar-refractivity contribution in [2.45, 2.75) is 18.6 Å². The van der Waals surface area contributed by atoms with E-state index >= 15 is 0 Å². The molecule has 0 radical (unpaired) electrons. The van der Waals surface area contributed by atoms with Gasteiger partial charge in [-0.3, -0.25) is 14.4 Å². The van der Waals surface area contributed by atoms with Gasteiger partial charge in [-0.05, 0) is 54.1 Å². The van der Waals surface area contributed by atoms with E-state index in [4.69, 9.17) is 8.83 Å². The maximum Gasteiger partial charge on any atom is 0.291 e. The first-order chi connectivity index (χ1) is 18.9. The van der Waals surface area contributed by atoms with Crippen molar-refractivity contribution in [2.24, 2.45) is 0 Å². The van der Waals surface area contributed by atoms with Crippen LogP contribution in [0.1, 0.15) is 33.0 Å². The number of benzene rings is 3. The molecule has 7 rings (SSSR count). The molecule has 2 aliphatic heterocycles. The van der Waals surface area contributed by atoms with E-state index in [1.165, 1.54) is 34.3 Å². The third-order valence-corrected chi connectivity index (χ3v) is 7.35. The number of nitrogens with zero attached hydrogens (tertiary/aromatic N) is 2. The molecular formula is C30H18F2N2O5. The van der Waals surface area contributed by atoms with Gasteiger partial charge < -0.3 is 18.6 Å². The van der Waals surface area contributed by atoms with Crippen molar-refractivity contribution in [2.75, 3.05) is 4.90 Å². The predicted octanol–water partition coefficient (Wildman–Crippen LogP) is 5.11. The minimum atomic E-state index is -1.89. The zero-order valence-corrected chi connectivity index (χ0v) is 20.2. The first kappa shape index (κ1) is 23.1. The Morgan fingerprint density at radius 2 is 1.59 bits per heavy atom. The number of fused-ring (bicyclic) bond motifs is 5. The fourth-order valence-electron chi connectivity index (χ4n) is 5.67. The Balaban J connectivity index is 1.52. The van der Waals surface area contributed by atoms with Gasteiger partial charge in [0.25, 0.3) is 11.8 Å². The molecule has 4 heterocycles. The first-order valence-corrected chi connectivity index (χ1v) is 12.2. The fraction of sp³-hybridized carbons (Fsp3) is 0.100. The highest BCUT2D eigenvalue weighted by atomic mass is 19.1. The van der Waals surface area contributed by atoms with Crippen molar-refractivity contribution in [1.82, 2.24) is 4.90 Å². The summed E-state index contributed by atoms with van der Waals surface area (Å²) in [5, 5.41) is -0.0805. The molecule has 0 fully saturated rings. The largest absolute Gasteiger partial charge is 0.467 e. The average Bonchev–Trinajstić information content (AvgIpc) is 3.60. The van der Waals surface area contributed by atoms with Crippen LogP contribution in [0.4, 0.5) is 14.5 Å². The number of furan rings is 1. The Morgan fingerprint density at radius 3 is 2.36 bits per heavy atom. The van der Waals surface area contributed by atoms with Crippen molar-refractivity contribution < 1.29 is 27.2 Å². The monoisotopic (exact) mass is 524 g/mol. The minimum absolute atomic E-state index is 0.0328. The molecule has 9 heteroatoms. The zero-order valence-electron chi connectivity index (χ0n) is 20.2. The van der Waals surface area contributed by atoms with Gasteiger partial charge in [-0.2, -0.15) is 0 Å². The Bertz CT molecular complexity index is 1860. The van der Waals surface area contributed by atoms with Gasteiger partial charge in [0.15, 0.2) is 11.0 Å². The number of carbonyl (C=O) groups is 2. The minimum Gasteiger partial charge on any atom is -0.467 e. The van der Waals surface area contributed by atoms with E-state index in [1.807, 2.05) is 0 Å². The summed E-state index contributed by atoms with van der Waals surface area (Å²) in [7, 11) is 0. The molecule has 1 unspecified atom stereocenters. The smallest absolute Gasteiger partial charge is 0.291 e. The molecule has 1 spiro atoms. The molecule has 2 amide bonds. The van der Waals surface area contributed by atoms with Crippen molar-refractivity contribution in [1.29, 1.82) is 0 Å². The second kappa shape index (κ2) is 8.22. The van der Waals surface area contributed by atoms with Crippen molar-refractivity contribution >= 4 is 28.5 Å². The van der Waals surface area contributed by atoms with E-state index in [0.717, 1.165) is 12.1 Å². The van der Waals surface area contributed by atoms with Crippen LogP contribution in [0.5, 0.6) is 0 Å². The third-order valence-electron chi connectivity index (χ3n) is 7.35. The third kappa shape index (κ3) is 3.16. The highest BCUT2D eigenvalue weighted by Gasteiger charge is 2.65. The summed E-state index contributed by atoms with van der Waals surface area (Å²) >= 11 is 0. The normalized spacial score (nSPS) is 17.9. The van der Waals surface area contributed by atoms with Gasteiger partial charge in [0.1, 0.15) is 23.0 Å². The lowest BCUT2D eigenvalue weighted by Crippen LogP contribution is -2.52. The molecule has 3 aromatic carbocycles. The Hall–Kier alpha value is -5.05. The number of hydrogen-bond acceptors (Lipinski definition) is 5. The second-order valence-electron chi connectivity index (χ2n) is 9.49. The van der Waals surface area contributed by atoms with Gasteiger partial charge in [-0.1, -0.05) is 30.3 Å². The summed E-state index contributed by atoms with van der Waals surface area (Å²) in [6, 6.07) is 19.4. The molecule has 1 atom stereocenters. The van der Waals surface area contributed by atoms with Crippen LogP contribution in [-0.2, 0) is 23.4 Å². The van der Waals surface area contributed by atoms with E-state index in [9.17, 15) is 23.2 Å². The molecule has 39 heavy (non-hydrogen) atoms. The van der Waals surface area contributed by atoms with Crippen LogP contribution in [0.2, 0.25) is 0 Å². The van der Waals surface area contributed by atoms with Crippen LogP contribution in [-0.4, -0.2) is 16.7 Å². The van der Waals surface area contributed by atoms with Gasteiger partial charge in [0.05, 0.1) is 36.0 Å². The molecule has 2 aromatic heterocycles. The van der Waals surface area contributed by atoms with Crippen LogP contribution in [0, 0.1) is 11.6 Å². The SMILES string of the molecule is O=C1c2oc3ccc(F)cc3c(=O)c2C2(C(=O)N(Cc3ccc(F)cc3)c3ccccc32)N1Cc1ccco1. The second-order valence-corrected chi connectivity index (χ2v) is 9.49. The quantitative estimate of drug-likeness (QED) is 0.326. The van der Waals surface area contributed by atoms with Gasteiger partial charge >= 0.3 is 0 Å². The summed E-state index contributed by atoms with van der Waals surface area (Å²) < 4.78 is 39.2. The topological polar surface area (TPSA) is 84.0 Å². The molecule has 0 aliphatic carbocycles. The standard InChI is InChI=1S/C30H18F2N2O5/c31-18-9-7-17(8-10-18)15-33-23-6-2-1-5-22(23)30(29(33)37)25-26(35)21-14-19(32)11-12-24(21)39-27(25)28(36)34(30)16-20-4-3-13-38-20/h1-14H,15-16H2. The van der Waals surface area contributed by atoms with Crippen LogP contribution in [0.3, 0.4) is 0 Å². The van der Waals surface area contributed by atoms with Crippen molar-refractivity contribution in [3.05, 3.63) is 135 Å². The first-order valence-electron chi connectivity index (χ1n) is 12.2. The van der Waals surface area contributed by atoms with E-state index in [1.54, 1.807) is 48.5 Å². The van der Waals surface area contributed by atoms with Gasteiger partial charge in [-0.15, -0.1) is 0 Å². The molecule has 0 saturated heterocycles. The van der Waals surface area contributed by atoms with Crippen molar-refractivity contribution in [3.63, 3.8) is 0 Å². The fourth-order valence-corrected chi connectivity index (χ4v) is 5.67. The van der Waals surface area contributed by atoms with Gasteiger partial charge in [0, 0.05) is 5.56 Å². The maximum atomic E-state index is 14.6. The van der Waals surface area contributed by atoms with E-state index in [0.29, 0.717) is 22.6 Å². The van der Waals surface area contributed by atoms with Gasteiger partial charge in [0.2, 0.25) is 5.76 Å². The Kier molecular flexibility index (Phi) is 4.87. The lowest BCUT2D eigenvalue weighted by Gasteiger charge is -2.33. The number of para-hydroxylation sites is 1. The summed E-state index contributed by atoms with van der Waals surface area (Å²) in [6.45, 7) is -0.0752. The summed E-state index contributed by atoms with van der Waals surface area (Å²) in [5.41, 5.74) is -1.17. The summed E-state index contributed by atoms with van der Waals surface area (Å²) in [6.07, 6.45) is 1.45. The Morgan fingerprint density at radius 1 is 0.821 bits per heavy atom. The predicted molar refractivity (Wildman–Crippen MR) is 136 cm³/mol. The maximum absolute atomic E-state index is 14.6. The number of rotatable bonds is 4. The van der Waals surface area contributed by atoms with E-state index in [-0.39, 0.29) is 35.4 Å². The molecule has 0 N–H and O–H groups in total. The average molecular weight is 524 g/mol. The van der Waals surface area contributed by atoms with E-state index in [2.05, 4.69) is 0 Å². The molecule has 0 saturated carbocycles. The number of amides is 2. The van der Waals surface area contributed by atoms with Crippen LogP contribution >= 0.6 is 0 Å². The lowest BCUT2D eigenvalue weighted by atomic mass is 9.84.